The zero-order valence-corrected chi connectivity index (χ0v) is 17.3. The second kappa shape index (κ2) is 10.8. The second-order valence-electron chi connectivity index (χ2n) is 7.26. The third kappa shape index (κ3) is 6.33. The lowest BCUT2D eigenvalue weighted by Crippen LogP contribution is -2.40. The van der Waals surface area contributed by atoms with Gasteiger partial charge in [-0.1, -0.05) is 32.1 Å². The number of hydrogen-bond donors (Lipinski definition) is 2. The van der Waals surface area contributed by atoms with Crippen molar-refractivity contribution < 1.29 is 9.47 Å². The molecule has 140 valence electrons. The van der Waals surface area contributed by atoms with Crippen LogP contribution in [-0.4, -0.2) is 51.5 Å². The van der Waals surface area contributed by atoms with Crippen molar-refractivity contribution in [3.63, 3.8) is 0 Å². The number of halogens is 1. The van der Waals surface area contributed by atoms with E-state index in [-0.39, 0.29) is 24.0 Å². The Morgan fingerprint density at radius 3 is 2.75 bits per heavy atom. The maximum Gasteiger partial charge on any atom is 0.191 e. The van der Waals surface area contributed by atoms with E-state index in [4.69, 9.17) is 9.47 Å². The molecule has 0 spiro atoms. The zero-order valence-electron chi connectivity index (χ0n) is 15.0. The Balaban J connectivity index is 0.00000208. The number of nitrogens with one attached hydrogen (secondary N) is 2. The molecule has 24 heavy (non-hydrogen) atoms. The van der Waals surface area contributed by atoms with Crippen LogP contribution in [-0.2, 0) is 9.47 Å². The first kappa shape index (κ1) is 20.2. The molecule has 3 aliphatic rings. The number of aliphatic imine (C=N–C) groups is 1. The van der Waals surface area contributed by atoms with Gasteiger partial charge in [0.25, 0.3) is 0 Å². The Labute approximate surface area is 163 Å². The van der Waals surface area contributed by atoms with Gasteiger partial charge in [0.05, 0.1) is 12.7 Å². The van der Waals surface area contributed by atoms with Crippen molar-refractivity contribution in [3.05, 3.63) is 0 Å². The van der Waals surface area contributed by atoms with E-state index in [9.17, 15) is 0 Å². The molecule has 0 bridgehead atoms. The van der Waals surface area contributed by atoms with Crippen LogP contribution in [0, 0.1) is 11.8 Å². The first-order valence-corrected chi connectivity index (χ1v) is 9.53. The van der Waals surface area contributed by atoms with Crippen LogP contribution in [0.3, 0.4) is 0 Å². The molecule has 2 aliphatic carbocycles. The summed E-state index contributed by atoms with van der Waals surface area (Å²) in [7, 11) is 1.86. The molecule has 0 amide bonds. The van der Waals surface area contributed by atoms with Gasteiger partial charge < -0.3 is 20.1 Å². The Morgan fingerprint density at radius 1 is 1.21 bits per heavy atom. The molecule has 0 aromatic carbocycles. The fourth-order valence-electron chi connectivity index (χ4n) is 4.01. The third-order valence-corrected chi connectivity index (χ3v) is 5.50. The van der Waals surface area contributed by atoms with Crippen molar-refractivity contribution in [2.75, 3.05) is 33.4 Å². The molecule has 3 fully saturated rings. The quantitative estimate of drug-likeness (QED) is 0.271. The Hall–Kier alpha value is -0.0800. The zero-order chi connectivity index (χ0) is 15.9. The normalized spacial score (nSPS) is 30.7. The minimum atomic E-state index is 0. The molecule has 1 aliphatic heterocycles. The predicted molar refractivity (Wildman–Crippen MR) is 108 cm³/mol. The summed E-state index contributed by atoms with van der Waals surface area (Å²) in [6.07, 6.45) is 10.9. The molecular formula is C18H34IN3O2. The molecule has 3 unspecified atom stereocenters. The smallest absolute Gasteiger partial charge is 0.191 e. The molecule has 2 saturated carbocycles. The summed E-state index contributed by atoms with van der Waals surface area (Å²) in [4.78, 5) is 4.36. The van der Waals surface area contributed by atoms with Gasteiger partial charge in [0, 0.05) is 32.8 Å². The number of ether oxygens (including phenoxy) is 2. The molecule has 0 aromatic rings. The average Bonchev–Trinajstić information content (AvgIpc) is 3.16. The van der Waals surface area contributed by atoms with Crippen molar-refractivity contribution in [2.24, 2.45) is 16.8 Å². The summed E-state index contributed by atoms with van der Waals surface area (Å²) in [6.45, 7) is 3.32. The number of hydrogen-bond acceptors (Lipinski definition) is 3. The fourth-order valence-corrected chi connectivity index (χ4v) is 4.01. The van der Waals surface area contributed by atoms with Gasteiger partial charge in [-0.25, -0.2) is 0 Å². The van der Waals surface area contributed by atoms with E-state index in [0.717, 1.165) is 57.0 Å². The summed E-state index contributed by atoms with van der Waals surface area (Å²) in [5, 5.41) is 7.02. The van der Waals surface area contributed by atoms with Gasteiger partial charge >= 0.3 is 0 Å². The molecule has 1 heterocycles. The first-order chi connectivity index (χ1) is 11.4. The largest absolute Gasteiger partial charge is 0.379 e. The SMILES string of the molecule is CN=C(NCCCOC1CCOC1)NC1CC1C1CCCCC1.I. The summed E-state index contributed by atoms with van der Waals surface area (Å²) in [5.41, 5.74) is 0. The summed E-state index contributed by atoms with van der Waals surface area (Å²) in [5.74, 6) is 2.80. The van der Waals surface area contributed by atoms with Crippen LogP contribution in [0.1, 0.15) is 51.4 Å². The first-order valence-electron chi connectivity index (χ1n) is 9.53. The van der Waals surface area contributed by atoms with Gasteiger partial charge in [-0.15, -0.1) is 24.0 Å². The van der Waals surface area contributed by atoms with E-state index in [1.807, 2.05) is 7.05 Å². The highest BCUT2D eigenvalue weighted by Gasteiger charge is 2.43. The van der Waals surface area contributed by atoms with Crippen LogP contribution in [0.15, 0.2) is 4.99 Å². The second-order valence-corrected chi connectivity index (χ2v) is 7.26. The van der Waals surface area contributed by atoms with E-state index in [1.54, 1.807) is 0 Å². The van der Waals surface area contributed by atoms with Gasteiger partial charge in [0.2, 0.25) is 0 Å². The van der Waals surface area contributed by atoms with Crippen LogP contribution in [0.5, 0.6) is 0 Å². The van der Waals surface area contributed by atoms with Gasteiger partial charge in [-0.2, -0.15) is 0 Å². The molecule has 6 heteroatoms. The maximum absolute atomic E-state index is 5.78. The fraction of sp³-hybridized carbons (Fsp3) is 0.944. The molecule has 0 aromatic heterocycles. The van der Waals surface area contributed by atoms with Crippen molar-refractivity contribution in [1.29, 1.82) is 0 Å². The van der Waals surface area contributed by atoms with E-state index in [1.165, 1.54) is 38.5 Å². The van der Waals surface area contributed by atoms with Gasteiger partial charge in [-0.05, 0) is 31.1 Å². The van der Waals surface area contributed by atoms with Crippen molar-refractivity contribution in [3.8, 4) is 0 Å². The highest BCUT2D eigenvalue weighted by molar-refractivity contribution is 14.0. The van der Waals surface area contributed by atoms with E-state index < -0.39 is 0 Å². The monoisotopic (exact) mass is 451 g/mol. The molecule has 2 N–H and O–H groups in total. The topological polar surface area (TPSA) is 54.9 Å². The van der Waals surface area contributed by atoms with Crippen molar-refractivity contribution >= 4 is 29.9 Å². The number of nitrogens with zero attached hydrogens (tertiary/aromatic N) is 1. The summed E-state index contributed by atoms with van der Waals surface area (Å²) >= 11 is 0. The highest BCUT2D eigenvalue weighted by Crippen LogP contribution is 2.44. The molecule has 3 atom stereocenters. The summed E-state index contributed by atoms with van der Waals surface area (Å²) in [6, 6.07) is 0.649. The molecule has 0 radical (unpaired) electrons. The van der Waals surface area contributed by atoms with Crippen LogP contribution < -0.4 is 10.6 Å². The standard InChI is InChI=1S/C18H33N3O2.HI/c1-19-18(20-9-5-10-23-15-8-11-22-13-15)21-17-12-16(17)14-6-3-2-4-7-14;/h14-17H,2-13H2,1H3,(H2,19,20,21);1H. The number of rotatable bonds is 7. The van der Waals surface area contributed by atoms with E-state index in [0.29, 0.717) is 12.1 Å². The van der Waals surface area contributed by atoms with Gasteiger partial charge in [-0.3, -0.25) is 4.99 Å². The van der Waals surface area contributed by atoms with E-state index >= 15 is 0 Å². The predicted octanol–water partition coefficient (Wildman–Crippen LogP) is 2.93. The lowest BCUT2D eigenvalue weighted by atomic mass is 9.85. The lowest BCUT2D eigenvalue weighted by Gasteiger charge is -2.22. The summed E-state index contributed by atoms with van der Waals surface area (Å²) < 4.78 is 11.1. The van der Waals surface area contributed by atoms with Crippen LogP contribution in [0.2, 0.25) is 0 Å². The van der Waals surface area contributed by atoms with Gasteiger partial charge in [0.1, 0.15) is 0 Å². The molecule has 5 nitrogen and oxygen atoms in total. The third-order valence-electron chi connectivity index (χ3n) is 5.50. The van der Waals surface area contributed by atoms with Crippen LogP contribution >= 0.6 is 24.0 Å². The lowest BCUT2D eigenvalue weighted by molar-refractivity contribution is 0.0420. The number of guanidine groups is 1. The van der Waals surface area contributed by atoms with Crippen molar-refractivity contribution in [1.82, 2.24) is 10.6 Å². The Morgan fingerprint density at radius 2 is 2.04 bits per heavy atom. The minimum Gasteiger partial charge on any atom is -0.379 e. The molecule has 1 saturated heterocycles. The van der Waals surface area contributed by atoms with Gasteiger partial charge in [0.15, 0.2) is 5.96 Å². The molecular weight excluding hydrogens is 417 g/mol. The Bertz CT molecular complexity index is 382. The average molecular weight is 451 g/mol. The maximum atomic E-state index is 5.78. The highest BCUT2D eigenvalue weighted by atomic mass is 127. The molecule has 3 rings (SSSR count). The van der Waals surface area contributed by atoms with E-state index in [2.05, 4.69) is 15.6 Å². The van der Waals surface area contributed by atoms with Crippen LogP contribution in [0.4, 0.5) is 0 Å². The Kier molecular flexibility index (Phi) is 9.11. The minimum absolute atomic E-state index is 0. The van der Waals surface area contributed by atoms with Crippen molar-refractivity contribution in [2.45, 2.75) is 63.5 Å². The van der Waals surface area contributed by atoms with Crippen LogP contribution in [0.25, 0.3) is 0 Å².